The third-order valence-corrected chi connectivity index (χ3v) is 2.36. The molecule has 0 aromatic carbocycles. The molecule has 0 atom stereocenters. The Bertz CT molecular complexity index is 293. The highest BCUT2D eigenvalue weighted by atomic mass is 16.5. The summed E-state index contributed by atoms with van der Waals surface area (Å²) in [5.41, 5.74) is 5.65. The molecule has 2 rings (SSSR count). The van der Waals surface area contributed by atoms with E-state index in [9.17, 15) is 0 Å². The molecular weight excluding hydrogens is 180 g/mol. The van der Waals surface area contributed by atoms with Gasteiger partial charge in [0.25, 0.3) is 0 Å². The van der Waals surface area contributed by atoms with E-state index in [0.29, 0.717) is 11.9 Å². The molecule has 4 nitrogen and oxygen atoms in total. The number of hydrogen-bond acceptors (Lipinski definition) is 4. The summed E-state index contributed by atoms with van der Waals surface area (Å²) in [5.74, 6) is 1.38. The summed E-state index contributed by atoms with van der Waals surface area (Å²) in [4.78, 5) is 4.11. The Morgan fingerprint density at radius 3 is 2.71 bits per heavy atom. The van der Waals surface area contributed by atoms with E-state index in [-0.39, 0.29) is 6.10 Å². The first kappa shape index (κ1) is 9.27. The minimum absolute atomic E-state index is 0.242. The Balaban J connectivity index is 1.90. The molecule has 1 aliphatic carbocycles. The van der Waals surface area contributed by atoms with Crippen molar-refractivity contribution in [2.75, 3.05) is 7.11 Å². The Morgan fingerprint density at radius 2 is 2.21 bits per heavy atom. The average Bonchev–Trinajstić information content (AvgIpc) is 2.17. The monoisotopic (exact) mass is 194 g/mol. The molecule has 1 fully saturated rings. The second kappa shape index (κ2) is 3.84. The molecule has 0 unspecified atom stereocenters. The maximum Gasteiger partial charge on any atom is 0.213 e. The van der Waals surface area contributed by atoms with Gasteiger partial charge in [0.2, 0.25) is 5.88 Å². The lowest BCUT2D eigenvalue weighted by Gasteiger charge is -2.32. The average molecular weight is 194 g/mol. The first-order valence-electron chi connectivity index (χ1n) is 4.70. The fourth-order valence-corrected chi connectivity index (χ4v) is 1.43. The fraction of sp³-hybridized carbons (Fsp3) is 0.500. The molecule has 76 valence electrons. The smallest absolute Gasteiger partial charge is 0.213 e. The lowest BCUT2D eigenvalue weighted by molar-refractivity contribution is 0.0957. The van der Waals surface area contributed by atoms with Crippen LogP contribution in [0.15, 0.2) is 18.3 Å². The van der Waals surface area contributed by atoms with Crippen molar-refractivity contribution in [1.29, 1.82) is 0 Å². The summed E-state index contributed by atoms with van der Waals surface area (Å²) >= 11 is 0. The van der Waals surface area contributed by atoms with Crippen molar-refractivity contribution >= 4 is 0 Å². The largest absolute Gasteiger partial charge is 0.495 e. The quantitative estimate of drug-likeness (QED) is 0.778. The van der Waals surface area contributed by atoms with E-state index in [1.54, 1.807) is 13.3 Å². The first-order chi connectivity index (χ1) is 6.78. The van der Waals surface area contributed by atoms with E-state index in [0.717, 1.165) is 18.6 Å². The van der Waals surface area contributed by atoms with Crippen LogP contribution in [-0.2, 0) is 0 Å². The highest BCUT2D eigenvalue weighted by Gasteiger charge is 2.27. The fourth-order valence-electron chi connectivity index (χ4n) is 1.43. The third-order valence-electron chi connectivity index (χ3n) is 2.36. The number of nitrogens with two attached hydrogens (primary N) is 1. The number of pyridine rings is 1. The second-order valence-corrected chi connectivity index (χ2v) is 3.51. The van der Waals surface area contributed by atoms with Gasteiger partial charge < -0.3 is 15.2 Å². The Hall–Kier alpha value is -1.29. The van der Waals surface area contributed by atoms with Crippen LogP contribution >= 0.6 is 0 Å². The van der Waals surface area contributed by atoms with Gasteiger partial charge in [-0.15, -0.1) is 0 Å². The zero-order valence-electron chi connectivity index (χ0n) is 8.14. The van der Waals surface area contributed by atoms with E-state index < -0.39 is 0 Å². The van der Waals surface area contributed by atoms with Gasteiger partial charge in [0, 0.05) is 12.1 Å². The van der Waals surface area contributed by atoms with Gasteiger partial charge in [-0.1, -0.05) is 0 Å². The lowest BCUT2D eigenvalue weighted by atomic mass is 9.90. The van der Waals surface area contributed by atoms with Crippen LogP contribution in [0.1, 0.15) is 12.8 Å². The van der Waals surface area contributed by atoms with E-state index in [1.165, 1.54) is 0 Å². The van der Waals surface area contributed by atoms with Crippen LogP contribution in [0.3, 0.4) is 0 Å². The van der Waals surface area contributed by atoms with E-state index in [4.69, 9.17) is 15.2 Å². The maximum absolute atomic E-state index is 5.65. The first-order valence-corrected chi connectivity index (χ1v) is 4.70. The van der Waals surface area contributed by atoms with Crippen LogP contribution in [0.25, 0.3) is 0 Å². The zero-order chi connectivity index (χ0) is 9.97. The number of nitrogens with zero attached hydrogens (tertiary/aromatic N) is 1. The van der Waals surface area contributed by atoms with Gasteiger partial charge in [-0.25, -0.2) is 4.98 Å². The standard InChI is InChI=1S/C10H14N2O2/c1-13-8-2-3-10(12-6-8)14-9-4-7(11)5-9/h2-3,6-7,9H,4-5,11H2,1H3. The van der Waals surface area contributed by atoms with Crippen molar-refractivity contribution in [3.05, 3.63) is 18.3 Å². The molecule has 4 heteroatoms. The molecule has 0 aliphatic heterocycles. The summed E-state index contributed by atoms with van der Waals surface area (Å²) in [6.07, 6.45) is 3.74. The molecule has 0 saturated heterocycles. The normalized spacial score (nSPS) is 25.3. The summed E-state index contributed by atoms with van der Waals surface area (Å²) in [6.45, 7) is 0. The van der Waals surface area contributed by atoms with Crippen molar-refractivity contribution in [1.82, 2.24) is 4.98 Å². The molecule has 0 amide bonds. The van der Waals surface area contributed by atoms with Crippen molar-refractivity contribution in [2.24, 2.45) is 5.73 Å². The van der Waals surface area contributed by atoms with E-state index in [1.807, 2.05) is 12.1 Å². The topological polar surface area (TPSA) is 57.4 Å². The van der Waals surface area contributed by atoms with Gasteiger partial charge in [-0.3, -0.25) is 0 Å². The van der Waals surface area contributed by atoms with Gasteiger partial charge >= 0.3 is 0 Å². The van der Waals surface area contributed by atoms with Gasteiger partial charge in [0.15, 0.2) is 0 Å². The van der Waals surface area contributed by atoms with Crippen LogP contribution in [-0.4, -0.2) is 24.2 Å². The van der Waals surface area contributed by atoms with Gasteiger partial charge in [-0.2, -0.15) is 0 Å². The number of ether oxygens (including phenoxy) is 2. The van der Waals surface area contributed by atoms with Crippen LogP contribution in [0.5, 0.6) is 11.6 Å². The van der Waals surface area contributed by atoms with E-state index in [2.05, 4.69) is 4.98 Å². The van der Waals surface area contributed by atoms with Crippen LogP contribution in [0, 0.1) is 0 Å². The zero-order valence-corrected chi connectivity index (χ0v) is 8.14. The van der Waals surface area contributed by atoms with Gasteiger partial charge in [0.05, 0.1) is 13.3 Å². The molecule has 1 aromatic rings. The Kier molecular flexibility index (Phi) is 2.54. The minimum Gasteiger partial charge on any atom is -0.495 e. The summed E-state index contributed by atoms with van der Waals surface area (Å²) in [6, 6.07) is 3.95. The lowest BCUT2D eigenvalue weighted by Crippen LogP contribution is -2.43. The molecule has 0 bridgehead atoms. The third kappa shape index (κ3) is 1.96. The Morgan fingerprint density at radius 1 is 1.43 bits per heavy atom. The summed E-state index contributed by atoms with van der Waals surface area (Å²) in [7, 11) is 1.61. The second-order valence-electron chi connectivity index (χ2n) is 3.51. The molecule has 1 aliphatic rings. The van der Waals surface area contributed by atoms with Crippen LogP contribution in [0.4, 0.5) is 0 Å². The van der Waals surface area contributed by atoms with Crippen molar-refractivity contribution in [2.45, 2.75) is 25.0 Å². The predicted octanol–water partition coefficient (Wildman–Crippen LogP) is 0.959. The van der Waals surface area contributed by atoms with Crippen molar-refractivity contribution in [3.63, 3.8) is 0 Å². The molecule has 1 heterocycles. The minimum atomic E-state index is 0.242. The number of rotatable bonds is 3. The highest BCUT2D eigenvalue weighted by molar-refractivity contribution is 5.22. The summed E-state index contributed by atoms with van der Waals surface area (Å²) < 4.78 is 10.6. The predicted molar refractivity (Wildman–Crippen MR) is 52.4 cm³/mol. The van der Waals surface area contributed by atoms with Gasteiger partial charge in [0.1, 0.15) is 11.9 Å². The van der Waals surface area contributed by atoms with Gasteiger partial charge in [-0.05, 0) is 18.9 Å². The molecule has 0 spiro atoms. The molecular formula is C10H14N2O2. The van der Waals surface area contributed by atoms with Crippen molar-refractivity contribution in [3.8, 4) is 11.6 Å². The molecule has 14 heavy (non-hydrogen) atoms. The number of hydrogen-bond donors (Lipinski definition) is 1. The van der Waals surface area contributed by atoms with Crippen molar-refractivity contribution < 1.29 is 9.47 Å². The van der Waals surface area contributed by atoms with Crippen LogP contribution < -0.4 is 15.2 Å². The molecule has 1 saturated carbocycles. The van der Waals surface area contributed by atoms with E-state index >= 15 is 0 Å². The Labute approximate surface area is 83.0 Å². The number of aromatic nitrogens is 1. The SMILES string of the molecule is COc1ccc(OC2CC(N)C2)nc1. The van der Waals surface area contributed by atoms with Crippen LogP contribution in [0.2, 0.25) is 0 Å². The highest BCUT2D eigenvalue weighted by Crippen LogP contribution is 2.23. The summed E-state index contributed by atoms with van der Waals surface area (Å²) in [5, 5.41) is 0. The maximum atomic E-state index is 5.65. The molecule has 0 radical (unpaired) electrons. The number of methoxy groups -OCH3 is 1. The molecule has 2 N–H and O–H groups in total. The molecule has 1 aromatic heterocycles.